The Hall–Kier alpha value is -3.95. The van der Waals surface area contributed by atoms with Crippen LogP contribution >= 0.6 is 23.1 Å². The van der Waals surface area contributed by atoms with Crippen LogP contribution in [0.5, 0.6) is 5.75 Å². The molecule has 5 aromatic rings. The number of carbonyl (C=O) groups excluding carboxylic acids is 1. The van der Waals surface area contributed by atoms with Gasteiger partial charge < -0.3 is 10.1 Å². The van der Waals surface area contributed by atoms with Crippen molar-refractivity contribution >= 4 is 45.0 Å². The summed E-state index contributed by atoms with van der Waals surface area (Å²) in [5, 5.41) is 6.26. The van der Waals surface area contributed by atoms with Crippen LogP contribution in [-0.2, 0) is 4.79 Å². The summed E-state index contributed by atoms with van der Waals surface area (Å²) in [6.45, 7) is 4.25. The monoisotopic (exact) mass is 542 g/mol. The van der Waals surface area contributed by atoms with Gasteiger partial charge in [-0.25, -0.2) is 9.97 Å². The Morgan fingerprint density at radius 3 is 2.47 bits per heavy atom. The highest BCUT2D eigenvalue weighted by atomic mass is 32.2. The predicted molar refractivity (Wildman–Crippen MR) is 155 cm³/mol. The number of hydrogen-bond donors (Lipinski definition) is 1. The summed E-state index contributed by atoms with van der Waals surface area (Å²) in [5.41, 5.74) is 4.03. The highest BCUT2D eigenvalue weighted by Gasteiger charge is 2.16. The van der Waals surface area contributed by atoms with Crippen LogP contribution in [0.25, 0.3) is 27.8 Å². The molecule has 5 rings (SSSR count). The van der Waals surface area contributed by atoms with Crippen LogP contribution in [0.2, 0.25) is 0 Å². The Morgan fingerprint density at radius 2 is 1.76 bits per heavy atom. The number of para-hydroxylation sites is 1. The van der Waals surface area contributed by atoms with Gasteiger partial charge >= 0.3 is 0 Å². The first-order valence-corrected chi connectivity index (χ1v) is 13.9. The molecule has 0 saturated heterocycles. The number of hydrogen-bond acceptors (Lipinski definition) is 7. The zero-order valence-corrected chi connectivity index (χ0v) is 22.8. The van der Waals surface area contributed by atoms with E-state index in [0.717, 1.165) is 17.0 Å². The molecular formula is C29H26N4O3S2. The molecule has 1 N–H and O–H groups in total. The van der Waals surface area contributed by atoms with Crippen molar-refractivity contribution in [3.63, 3.8) is 0 Å². The number of methoxy groups -OCH3 is 1. The lowest BCUT2D eigenvalue weighted by Crippen LogP contribution is -2.23. The Kier molecular flexibility index (Phi) is 7.57. The number of thioether (sulfide) groups is 1. The average molecular weight is 543 g/mol. The summed E-state index contributed by atoms with van der Waals surface area (Å²) in [6, 6.07) is 22.7. The second-order valence-corrected chi connectivity index (χ2v) is 10.7. The molecule has 0 aliphatic heterocycles. The van der Waals surface area contributed by atoms with Crippen LogP contribution in [0.3, 0.4) is 0 Å². The Bertz CT molecular complexity index is 1640. The van der Waals surface area contributed by atoms with Crippen LogP contribution in [-0.4, -0.2) is 33.3 Å². The normalized spacial score (nSPS) is 11.2. The molecule has 192 valence electrons. The van der Waals surface area contributed by atoms with Gasteiger partial charge in [-0.3, -0.25) is 14.2 Å². The number of amides is 1. The summed E-state index contributed by atoms with van der Waals surface area (Å²) >= 11 is 2.58. The summed E-state index contributed by atoms with van der Waals surface area (Å²) in [4.78, 5) is 35.6. The van der Waals surface area contributed by atoms with E-state index in [0.29, 0.717) is 32.8 Å². The lowest BCUT2D eigenvalue weighted by Gasteiger charge is -2.14. The van der Waals surface area contributed by atoms with E-state index in [-0.39, 0.29) is 17.2 Å². The molecule has 2 aromatic heterocycles. The Balaban J connectivity index is 1.36. The van der Waals surface area contributed by atoms with Gasteiger partial charge in [0.2, 0.25) is 5.91 Å². The van der Waals surface area contributed by atoms with E-state index >= 15 is 0 Å². The third-order valence-electron chi connectivity index (χ3n) is 6.03. The third kappa shape index (κ3) is 5.49. The van der Waals surface area contributed by atoms with Crippen molar-refractivity contribution in [3.05, 3.63) is 94.1 Å². The van der Waals surface area contributed by atoms with Gasteiger partial charge in [0.05, 0.1) is 35.1 Å². The number of ether oxygens (including phenoxy) is 1. The molecule has 7 nitrogen and oxygen atoms in total. The van der Waals surface area contributed by atoms with Crippen molar-refractivity contribution in [2.75, 3.05) is 18.2 Å². The van der Waals surface area contributed by atoms with Crippen LogP contribution in [0.1, 0.15) is 25.3 Å². The van der Waals surface area contributed by atoms with Crippen LogP contribution < -0.4 is 15.6 Å². The molecule has 0 fully saturated rings. The number of thiazole rings is 1. The number of nitrogens with one attached hydrogen (secondary N) is 1. The first kappa shape index (κ1) is 25.7. The van der Waals surface area contributed by atoms with Crippen molar-refractivity contribution in [1.82, 2.24) is 14.5 Å². The lowest BCUT2D eigenvalue weighted by molar-refractivity contribution is -0.113. The van der Waals surface area contributed by atoms with Crippen molar-refractivity contribution in [2.45, 2.75) is 24.9 Å². The third-order valence-corrected chi connectivity index (χ3v) is 7.73. The molecule has 3 aromatic carbocycles. The first-order valence-electron chi connectivity index (χ1n) is 12.1. The quantitative estimate of drug-likeness (QED) is 0.181. The van der Waals surface area contributed by atoms with E-state index in [4.69, 9.17) is 9.72 Å². The van der Waals surface area contributed by atoms with Crippen LogP contribution in [0.4, 0.5) is 5.13 Å². The fourth-order valence-electron chi connectivity index (χ4n) is 3.96. The number of nitrogens with zero attached hydrogens (tertiary/aromatic N) is 3. The van der Waals surface area contributed by atoms with Gasteiger partial charge in [-0.15, -0.1) is 11.3 Å². The van der Waals surface area contributed by atoms with Crippen LogP contribution in [0, 0.1) is 0 Å². The molecule has 0 spiro atoms. The van der Waals surface area contributed by atoms with Crippen molar-refractivity contribution < 1.29 is 9.53 Å². The Labute approximate surface area is 228 Å². The molecular weight excluding hydrogens is 516 g/mol. The zero-order valence-electron chi connectivity index (χ0n) is 21.2. The highest BCUT2D eigenvalue weighted by molar-refractivity contribution is 7.99. The van der Waals surface area contributed by atoms with Crippen molar-refractivity contribution in [1.29, 1.82) is 0 Å². The predicted octanol–water partition coefficient (Wildman–Crippen LogP) is 6.37. The number of fused-ring (bicyclic) bond motifs is 1. The van der Waals surface area contributed by atoms with E-state index in [1.165, 1.54) is 28.7 Å². The van der Waals surface area contributed by atoms with E-state index < -0.39 is 0 Å². The fourth-order valence-corrected chi connectivity index (χ4v) is 5.50. The SMILES string of the molecule is COc1ccc(-c2csc(NC(=O)CSc3nc4ccccc4c(=O)n3-c3ccc(C(C)C)cc3)n2)cc1. The minimum atomic E-state index is -0.227. The molecule has 1 amide bonds. The second kappa shape index (κ2) is 11.2. The standard InChI is InChI=1S/C29H26N4O3S2/c1-18(2)19-8-12-21(13-9-19)33-27(35)23-6-4-5-7-24(23)31-29(33)38-17-26(34)32-28-30-25(16-37-28)20-10-14-22(36-3)15-11-20/h4-16,18H,17H2,1-3H3,(H,30,32,34). The maximum Gasteiger partial charge on any atom is 0.266 e. The van der Waals surface area contributed by atoms with Crippen molar-refractivity contribution in [3.8, 4) is 22.7 Å². The molecule has 2 heterocycles. The average Bonchev–Trinajstić information content (AvgIpc) is 3.40. The van der Waals surface area contributed by atoms with Crippen molar-refractivity contribution in [2.24, 2.45) is 0 Å². The Morgan fingerprint density at radius 1 is 1.03 bits per heavy atom. The largest absolute Gasteiger partial charge is 0.497 e. The molecule has 0 saturated carbocycles. The van der Waals surface area contributed by atoms with Gasteiger partial charge in [-0.1, -0.05) is 49.9 Å². The van der Waals surface area contributed by atoms with Gasteiger partial charge in [0.1, 0.15) is 5.75 Å². The topological polar surface area (TPSA) is 86.1 Å². The smallest absolute Gasteiger partial charge is 0.266 e. The first-order chi connectivity index (χ1) is 18.4. The van der Waals surface area contributed by atoms with Gasteiger partial charge in [-0.2, -0.15) is 0 Å². The molecule has 0 atom stereocenters. The van der Waals surface area contributed by atoms with E-state index in [9.17, 15) is 9.59 Å². The summed E-state index contributed by atoms with van der Waals surface area (Å²) in [7, 11) is 1.62. The van der Waals surface area contributed by atoms with E-state index in [1.54, 1.807) is 17.7 Å². The molecule has 0 radical (unpaired) electrons. The molecule has 0 bridgehead atoms. The number of carbonyl (C=O) groups is 1. The van der Waals surface area contributed by atoms with Gasteiger partial charge in [0, 0.05) is 10.9 Å². The summed E-state index contributed by atoms with van der Waals surface area (Å²) in [5.74, 6) is 0.997. The van der Waals surface area contributed by atoms with E-state index in [2.05, 4.69) is 24.1 Å². The lowest BCUT2D eigenvalue weighted by atomic mass is 10.0. The molecule has 38 heavy (non-hydrogen) atoms. The highest BCUT2D eigenvalue weighted by Crippen LogP contribution is 2.27. The maximum atomic E-state index is 13.5. The zero-order chi connectivity index (χ0) is 26.6. The van der Waals surface area contributed by atoms with Gasteiger partial charge in [0.15, 0.2) is 10.3 Å². The second-order valence-electron chi connectivity index (χ2n) is 8.90. The molecule has 0 unspecified atom stereocenters. The maximum absolute atomic E-state index is 13.5. The molecule has 0 aliphatic rings. The number of benzene rings is 3. The van der Waals surface area contributed by atoms with Gasteiger partial charge in [-0.05, 0) is 60.0 Å². The molecule has 0 aliphatic carbocycles. The summed E-state index contributed by atoms with van der Waals surface area (Å²) in [6.07, 6.45) is 0. The minimum absolute atomic E-state index is 0.0757. The summed E-state index contributed by atoms with van der Waals surface area (Å²) < 4.78 is 6.78. The minimum Gasteiger partial charge on any atom is -0.497 e. The fraction of sp³-hybridized carbons (Fsp3) is 0.172. The molecule has 9 heteroatoms. The van der Waals surface area contributed by atoms with Crippen LogP contribution in [0.15, 0.2) is 88.1 Å². The number of anilines is 1. The number of rotatable bonds is 8. The van der Waals surface area contributed by atoms with Gasteiger partial charge in [0.25, 0.3) is 5.56 Å². The number of aromatic nitrogens is 3. The van der Waals surface area contributed by atoms with E-state index in [1.807, 2.05) is 72.1 Å².